The number of aromatic nitrogens is 2. The van der Waals surface area contributed by atoms with Gasteiger partial charge in [-0.2, -0.15) is 0 Å². The van der Waals surface area contributed by atoms with Gasteiger partial charge in [0.1, 0.15) is 16.4 Å². The number of H-pyrrole nitrogens is 1. The zero-order valence-corrected chi connectivity index (χ0v) is 15.9. The number of rotatable bonds is 7. The molecule has 0 aliphatic carbocycles. The van der Waals surface area contributed by atoms with Crippen molar-refractivity contribution in [2.45, 2.75) is 20.4 Å². The molecule has 0 saturated heterocycles. The summed E-state index contributed by atoms with van der Waals surface area (Å²) in [6.07, 6.45) is 1.58. The topological polar surface area (TPSA) is 82.4 Å². The highest BCUT2D eigenvalue weighted by Gasteiger charge is 2.17. The molecule has 3 rings (SSSR count). The van der Waals surface area contributed by atoms with Gasteiger partial charge in [0.15, 0.2) is 0 Å². The Hall–Kier alpha value is -2.45. The van der Waals surface area contributed by atoms with Crippen LogP contribution in [-0.2, 0) is 11.3 Å². The van der Waals surface area contributed by atoms with E-state index >= 15 is 0 Å². The number of nitrogens with one attached hydrogen (secondary N) is 1. The van der Waals surface area contributed by atoms with Crippen LogP contribution in [0.2, 0.25) is 0 Å². The molecule has 1 N–H and O–H groups in total. The Bertz CT molecular complexity index is 941. The summed E-state index contributed by atoms with van der Waals surface area (Å²) in [5, 5.41) is 2.42. The van der Waals surface area contributed by atoms with Gasteiger partial charge in [0.2, 0.25) is 5.91 Å². The van der Waals surface area contributed by atoms with Gasteiger partial charge in [0.05, 0.1) is 24.7 Å². The number of fused-ring (bicyclic) bond motifs is 1. The first kappa shape index (κ1) is 18.3. The van der Waals surface area contributed by atoms with E-state index in [1.165, 1.54) is 11.3 Å². The first-order chi connectivity index (χ1) is 12.5. The van der Waals surface area contributed by atoms with Crippen molar-refractivity contribution in [2.75, 3.05) is 26.7 Å². The molecule has 3 aromatic rings. The summed E-state index contributed by atoms with van der Waals surface area (Å²) in [5.74, 6) is 1.26. The van der Waals surface area contributed by atoms with Crippen LogP contribution in [-0.4, -0.2) is 52.4 Å². The first-order valence-corrected chi connectivity index (χ1v) is 9.42. The molecule has 7 nitrogen and oxygen atoms in total. The van der Waals surface area contributed by atoms with Crippen LogP contribution in [0.3, 0.4) is 0 Å². The lowest BCUT2D eigenvalue weighted by atomic mass is 10.2. The van der Waals surface area contributed by atoms with Gasteiger partial charge in [0.25, 0.3) is 5.56 Å². The van der Waals surface area contributed by atoms with Crippen molar-refractivity contribution in [1.29, 1.82) is 0 Å². The second-order valence-corrected chi connectivity index (χ2v) is 6.92. The van der Waals surface area contributed by atoms with Crippen LogP contribution >= 0.6 is 11.3 Å². The van der Waals surface area contributed by atoms with E-state index in [0.29, 0.717) is 41.4 Å². The molecule has 0 aliphatic rings. The van der Waals surface area contributed by atoms with E-state index in [-0.39, 0.29) is 18.0 Å². The Labute approximate surface area is 155 Å². The standard InChI is InChI=1S/C18H22N4O3S/c1-4-22(5-2)15(23)10-21(3)9-14-19-17(24)16-12(11-26-18(16)20-14)13-7-6-8-25-13/h6-8,11H,4-5,9-10H2,1-3H3,(H,19,20,24). The third-order valence-corrected chi connectivity index (χ3v) is 5.09. The molecular weight excluding hydrogens is 352 g/mol. The minimum Gasteiger partial charge on any atom is -0.464 e. The van der Waals surface area contributed by atoms with E-state index in [1.807, 2.05) is 37.2 Å². The Morgan fingerprint density at radius 1 is 1.35 bits per heavy atom. The maximum atomic E-state index is 12.6. The van der Waals surface area contributed by atoms with E-state index in [1.54, 1.807) is 17.2 Å². The van der Waals surface area contributed by atoms with Crippen molar-refractivity contribution >= 4 is 27.5 Å². The molecule has 0 bridgehead atoms. The average Bonchev–Trinajstić information content (AvgIpc) is 3.24. The molecule has 0 fully saturated rings. The number of aromatic amines is 1. The van der Waals surface area contributed by atoms with Gasteiger partial charge in [-0.1, -0.05) is 0 Å². The Kier molecular flexibility index (Phi) is 5.53. The number of hydrogen-bond donors (Lipinski definition) is 1. The van der Waals surface area contributed by atoms with Gasteiger partial charge >= 0.3 is 0 Å². The smallest absolute Gasteiger partial charge is 0.260 e. The largest absolute Gasteiger partial charge is 0.464 e. The van der Waals surface area contributed by atoms with Crippen molar-refractivity contribution in [3.8, 4) is 11.3 Å². The predicted molar refractivity (Wildman–Crippen MR) is 102 cm³/mol. The molecule has 0 aromatic carbocycles. The van der Waals surface area contributed by atoms with Crippen molar-refractivity contribution < 1.29 is 9.21 Å². The highest BCUT2D eigenvalue weighted by molar-refractivity contribution is 7.17. The number of thiophene rings is 1. The number of hydrogen-bond acceptors (Lipinski definition) is 6. The molecule has 0 spiro atoms. The summed E-state index contributed by atoms with van der Waals surface area (Å²) in [5.41, 5.74) is 0.557. The fraction of sp³-hybridized carbons (Fsp3) is 0.389. The van der Waals surface area contributed by atoms with Crippen molar-refractivity contribution in [1.82, 2.24) is 19.8 Å². The highest BCUT2D eigenvalue weighted by Crippen LogP contribution is 2.30. The number of carbonyl (C=O) groups is 1. The summed E-state index contributed by atoms with van der Waals surface area (Å²) < 4.78 is 5.40. The van der Waals surface area contributed by atoms with Crippen LogP contribution < -0.4 is 5.56 Å². The van der Waals surface area contributed by atoms with Gasteiger partial charge < -0.3 is 14.3 Å². The van der Waals surface area contributed by atoms with Gasteiger partial charge in [-0.3, -0.25) is 14.5 Å². The number of likely N-dealkylation sites (N-methyl/N-ethyl adjacent to an activating group) is 2. The minimum atomic E-state index is -0.193. The Morgan fingerprint density at radius 3 is 2.77 bits per heavy atom. The lowest BCUT2D eigenvalue weighted by molar-refractivity contribution is -0.131. The third kappa shape index (κ3) is 3.71. The summed E-state index contributed by atoms with van der Waals surface area (Å²) in [4.78, 5) is 36.4. The molecule has 0 atom stereocenters. The molecule has 1 amide bonds. The van der Waals surface area contributed by atoms with Gasteiger partial charge in [-0.15, -0.1) is 11.3 Å². The van der Waals surface area contributed by atoms with Crippen LogP contribution in [0, 0.1) is 0 Å². The maximum Gasteiger partial charge on any atom is 0.260 e. The van der Waals surface area contributed by atoms with E-state index in [2.05, 4.69) is 9.97 Å². The molecule has 0 radical (unpaired) electrons. The van der Waals surface area contributed by atoms with Crippen molar-refractivity contribution in [2.24, 2.45) is 0 Å². The van der Waals surface area contributed by atoms with Crippen LogP contribution in [0.1, 0.15) is 19.7 Å². The molecule has 3 heterocycles. The van der Waals surface area contributed by atoms with Gasteiger partial charge in [-0.05, 0) is 33.0 Å². The fourth-order valence-electron chi connectivity index (χ4n) is 2.90. The monoisotopic (exact) mass is 374 g/mol. The second kappa shape index (κ2) is 7.84. The van der Waals surface area contributed by atoms with Gasteiger partial charge in [-0.25, -0.2) is 4.98 Å². The first-order valence-electron chi connectivity index (χ1n) is 8.54. The molecule has 8 heteroatoms. The lowest BCUT2D eigenvalue weighted by Gasteiger charge is -2.22. The zero-order valence-electron chi connectivity index (χ0n) is 15.1. The van der Waals surface area contributed by atoms with Crippen LogP contribution in [0.4, 0.5) is 0 Å². The molecule has 0 saturated carbocycles. The third-order valence-electron chi connectivity index (χ3n) is 4.22. The Morgan fingerprint density at radius 2 is 2.12 bits per heavy atom. The molecule has 138 valence electrons. The number of furan rings is 1. The molecule has 0 aliphatic heterocycles. The molecule has 0 unspecified atom stereocenters. The normalized spacial score (nSPS) is 11.4. The highest BCUT2D eigenvalue weighted by atomic mass is 32.1. The quantitative estimate of drug-likeness (QED) is 0.687. The number of amides is 1. The summed E-state index contributed by atoms with van der Waals surface area (Å²) >= 11 is 1.41. The van der Waals surface area contributed by atoms with E-state index in [0.717, 1.165) is 5.56 Å². The lowest BCUT2D eigenvalue weighted by Crippen LogP contribution is -2.38. The fourth-order valence-corrected chi connectivity index (χ4v) is 3.85. The van der Waals surface area contributed by atoms with E-state index in [9.17, 15) is 9.59 Å². The second-order valence-electron chi connectivity index (χ2n) is 6.06. The Balaban J connectivity index is 1.80. The maximum absolute atomic E-state index is 12.6. The molecule has 3 aromatic heterocycles. The predicted octanol–water partition coefficient (Wildman–Crippen LogP) is 2.54. The van der Waals surface area contributed by atoms with Gasteiger partial charge in [0, 0.05) is 24.0 Å². The van der Waals surface area contributed by atoms with Crippen LogP contribution in [0.5, 0.6) is 0 Å². The van der Waals surface area contributed by atoms with E-state index in [4.69, 9.17) is 4.42 Å². The van der Waals surface area contributed by atoms with Crippen molar-refractivity contribution in [3.05, 3.63) is 40.0 Å². The van der Waals surface area contributed by atoms with Crippen LogP contribution in [0.15, 0.2) is 33.0 Å². The van der Waals surface area contributed by atoms with E-state index < -0.39 is 0 Å². The number of carbonyl (C=O) groups excluding carboxylic acids is 1. The average molecular weight is 374 g/mol. The number of nitrogens with zero attached hydrogens (tertiary/aromatic N) is 3. The zero-order chi connectivity index (χ0) is 18.7. The summed E-state index contributed by atoms with van der Waals surface area (Å²) in [6, 6.07) is 3.61. The molecular formula is C18H22N4O3S. The SMILES string of the molecule is CCN(CC)C(=O)CN(C)Cc1nc2scc(-c3ccco3)c2c(=O)[nH]1. The minimum absolute atomic E-state index is 0.0668. The summed E-state index contributed by atoms with van der Waals surface area (Å²) in [6.45, 7) is 5.98. The molecule has 26 heavy (non-hydrogen) atoms. The van der Waals surface area contributed by atoms with Crippen molar-refractivity contribution in [3.63, 3.8) is 0 Å². The summed E-state index contributed by atoms with van der Waals surface area (Å²) in [7, 11) is 1.84. The van der Waals surface area contributed by atoms with Crippen LogP contribution in [0.25, 0.3) is 21.5 Å².